The first-order valence-electron chi connectivity index (χ1n) is 21.0. The maximum Gasteiger partial charge on any atom is 0.408 e. The molecule has 324 valence electrons. The summed E-state index contributed by atoms with van der Waals surface area (Å²) in [6.45, 7) is 7.12. The SMILES string of the molecule is COc1ccc(-c2cc(O[C@@H]3C[C@H]4C(=O)N[C@]5(C(=O)NS(=O)(=O)C6CC6)C[C@@H]5/C=C\CCCCC[C@H](NC(=O)OC(C)(C)C)C(=O)N4C3)c3oc4ccc(C)cc4c3n2)cc1. The van der Waals surface area contributed by atoms with E-state index < -0.39 is 74.3 Å². The lowest BCUT2D eigenvalue weighted by Gasteiger charge is -2.30. The molecular weight excluding hydrogens is 803 g/mol. The topological polar surface area (TPSA) is 195 Å². The molecule has 0 spiro atoms. The molecular formula is C45H53N5O10S. The van der Waals surface area contributed by atoms with E-state index in [-0.39, 0.29) is 19.4 Å². The highest BCUT2D eigenvalue weighted by molar-refractivity contribution is 7.91. The molecule has 0 bridgehead atoms. The Morgan fingerprint density at radius 1 is 1.02 bits per heavy atom. The average Bonchev–Trinajstić information content (AvgIpc) is 4.11. The van der Waals surface area contributed by atoms with E-state index in [0.717, 1.165) is 29.4 Å². The second kappa shape index (κ2) is 16.3. The molecule has 2 aliphatic heterocycles. The maximum atomic E-state index is 14.7. The van der Waals surface area contributed by atoms with Gasteiger partial charge in [-0.15, -0.1) is 0 Å². The quantitative estimate of drug-likeness (QED) is 0.171. The number of aryl methyl sites for hydroxylation is 1. The number of carbonyl (C=O) groups is 4. The minimum absolute atomic E-state index is 0.0102. The zero-order valence-corrected chi connectivity index (χ0v) is 35.9. The Morgan fingerprint density at radius 3 is 2.51 bits per heavy atom. The number of benzene rings is 2. The number of ether oxygens (including phenoxy) is 3. The number of nitrogens with zero attached hydrogens (tertiary/aromatic N) is 2. The fourth-order valence-corrected chi connectivity index (χ4v) is 9.66. The van der Waals surface area contributed by atoms with E-state index in [9.17, 15) is 27.6 Å². The molecule has 16 heteroatoms. The first-order valence-corrected chi connectivity index (χ1v) is 22.6. The van der Waals surface area contributed by atoms with Gasteiger partial charge in [0.05, 0.1) is 24.6 Å². The van der Waals surface area contributed by atoms with Gasteiger partial charge < -0.3 is 34.2 Å². The van der Waals surface area contributed by atoms with E-state index >= 15 is 0 Å². The van der Waals surface area contributed by atoms with Crippen LogP contribution in [0.15, 0.2) is 65.1 Å². The molecule has 5 atom stereocenters. The second-order valence-electron chi connectivity index (χ2n) is 17.7. The number of hydrogen-bond acceptors (Lipinski definition) is 11. The molecule has 0 radical (unpaired) electrons. The molecule has 2 saturated carbocycles. The summed E-state index contributed by atoms with van der Waals surface area (Å²) in [6, 6.07) is 12.8. The number of nitrogens with one attached hydrogen (secondary N) is 3. The molecule has 2 aromatic carbocycles. The predicted molar refractivity (Wildman–Crippen MR) is 227 cm³/mol. The van der Waals surface area contributed by atoms with Crippen molar-refractivity contribution in [1.82, 2.24) is 25.2 Å². The third kappa shape index (κ3) is 9.05. The molecule has 15 nitrogen and oxygen atoms in total. The summed E-state index contributed by atoms with van der Waals surface area (Å²) in [5.74, 6) is -1.37. The van der Waals surface area contributed by atoms with Crippen LogP contribution in [-0.4, -0.2) is 90.3 Å². The van der Waals surface area contributed by atoms with Gasteiger partial charge in [-0.05, 0) is 103 Å². The van der Waals surface area contributed by atoms with E-state index in [2.05, 4.69) is 15.4 Å². The van der Waals surface area contributed by atoms with Crippen LogP contribution in [0.5, 0.6) is 11.5 Å². The number of alkyl carbamates (subject to hydrolysis) is 1. The number of aromatic nitrogens is 1. The number of allylic oxidation sites excluding steroid dienone is 1. The fourth-order valence-electron chi connectivity index (χ4n) is 8.29. The van der Waals surface area contributed by atoms with Crippen LogP contribution in [0.4, 0.5) is 4.79 Å². The third-order valence-corrected chi connectivity index (χ3v) is 13.6. The van der Waals surface area contributed by atoms with Crippen LogP contribution in [0.25, 0.3) is 33.3 Å². The minimum Gasteiger partial charge on any atom is -0.497 e. The van der Waals surface area contributed by atoms with Crippen molar-refractivity contribution >= 4 is 55.9 Å². The van der Waals surface area contributed by atoms with Gasteiger partial charge >= 0.3 is 6.09 Å². The monoisotopic (exact) mass is 855 g/mol. The van der Waals surface area contributed by atoms with E-state index in [1.165, 1.54) is 4.90 Å². The molecule has 3 fully saturated rings. The lowest BCUT2D eigenvalue weighted by molar-refractivity contribution is -0.141. The Morgan fingerprint density at radius 2 is 1.79 bits per heavy atom. The molecule has 0 unspecified atom stereocenters. The normalized spacial score (nSPS) is 25.4. The number of rotatable bonds is 8. The Kier molecular flexibility index (Phi) is 11.3. The molecule has 4 aliphatic rings. The number of sulfonamides is 1. The van der Waals surface area contributed by atoms with Crippen LogP contribution < -0.4 is 24.8 Å². The van der Waals surface area contributed by atoms with Crippen molar-refractivity contribution in [2.24, 2.45) is 5.92 Å². The summed E-state index contributed by atoms with van der Waals surface area (Å²) in [4.78, 5) is 62.8. The summed E-state index contributed by atoms with van der Waals surface area (Å²) in [5, 5.41) is 5.83. The molecule has 8 rings (SSSR count). The van der Waals surface area contributed by atoms with Crippen molar-refractivity contribution in [1.29, 1.82) is 0 Å². The van der Waals surface area contributed by atoms with Crippen LogP contribution >= 0.6 is 0 Å². The van der Waals surface area contributed by atoms with Crippen LogP contribution in [0.3, 0.4) is 0 Å². The van der Waals surface area contributed by atoms with Crippen molar-refractivity contribution in [2.75, 3.05) is 13.7 Å². The molecule has 4 heterocycles. The Labute approximate surface area is 355 Å². The van der Waals surface area contributed by atoms with Gasteiger partial charge in [0.25, 0.3) is 5.91 Å². The largest absolute Gasteiger partial charge is 0.497 e. The average molecular weight is 856 g/mol. The number of methoxy groups -OCH3 is 1. The molecule has 4 aromatic rings. The van der Waals surface area contributed by atoms with Gasteiger partial charge in [0.15, 0.2) is 11.3 Å². The van der Waals surface area contributed by atoms with E-state index in [1.807, 2.05) is 61.5 Å². The Balaban J connectivity index is 1.15. The summed E-state index contributed by atoms with van der Waals surface area (Å²) in [7, 11) is -2.33. The van der Waals surface area contributed by atoms with Gasteiger partial charge in [0, 0.05) is 29.4 Å². The number of furan rings is 1. The summed E-state index contributed by atoms with van der Waals surface area (Å²) < 4.78 is 52.2. The van der Waals surface area contributed by atoms with Gasteiger partial charge in [-0.2, -0.15) is 0 Å². The molecule has 1 saturated heterocycles. The molecule has 2 aromatic heterocycles. The molecule has 2 aliphatic carbocycles. The smallest absolute Gasteiger partial charge is 0.408 e. The third-order valence-electron chi connectivity index (χ3n) is 11.8. The Bertz CT molecular complexity index is 2510. The summed E-state index contributed by atoms with van der Waals surface area (Å²) >= 11 is 0. The molecule has 4 amide bonds. The standard InChI is InChI=1S/C45H53N5O10S/c1-26-13-20-36-32(21-26)38-39(59-36)37(23-34(46-38)27-14-16-29(57-5)17-15-27)58-30-22-35-40(51)48-45(42(53)49-61(55,56)31-18-19-31)24-28(45)11-9-7-6-8-10-12-33(41(52)50(35)25-30)47-43(54)60-44(2,3)4/h9,11,13-17,20-21,23,28,30-31,33,35H,6-8,10,12,18-19,22,24-25H2,1-5H3,(H,47,54)(H,48,51)(H,49,53)/b11-9-/t28-,30+,33-,35-,45+/m0/s1. The second-order valence-corrected chi connectivity index (χ2v) is 19.7. The number of hydrogen-bond donors (Lipinski definition) is 3. The highest BCUT2D eigenvalue weighted by atomic mass is 32.2. The summed E-state index contributed by atoms with van der Waals surface area (Å²) in [6.07, 6.45) is 6.52. The molecule has 61 heavy (non-hydrogen) atoms. The lowest BCUT2D eigenvalue weighted by Crippen LogP contribution is -2.58. The number of carbonyl (C=O) groups excluding carboxylic acids is 4. The van der Waals surface area contributed by atoms with Crippen molar-refractivity contribution in [3.8, 4) is 22.8 Å². The van der Waals surface area contributed by atoms with Crippen molar-refractivity contribution in [2.45, 2.75) is 120 Å². The van der Waals surface area contributed by atoms with Crippen LogP contribution in [0.2, 0.25) is 0 Å². The highest BCUT2D eigenvalue weighted by Gasteiger charge is 2.62. The molecule has 3 N–H and O–H groups in total. The first kappa shape index (κ1) is 42.1. The highest BCUT2D eigenvalue weighted by Crippen LogP contribution is 2.46. The number of fused-ring (bicyclic) bond motifs is 5. The van der Waals surface area contributed by atoms with Gasteiger partial charge in [-0.1, -0.05) is 36.6 Å². The van der Waals surface area contributed by atoms with Gasteiger partial charge in [0.1, 0.15) is 46.2 Å². The zero-order valence-electron chi connectivity index (χ0n) is 35.1. The Hall–Kier alpha value is -5.64. The van der Waals surface area contributed by atoms with E-state index in [1.54, 1.807) is 33.9 Å². The van der Waals surface area contributed by atoms with Gasteiger partial charge in [-0.3, -0.25) is 19.1 Å². The zero-order chi connectivity index (χ0) is 43.3. The van der Waals surface area contributed by atoms with Crippen LogP contribution in [0.1, 0.15) is 84.1 Å². The predicted octanol–water partition coefficient (Wildman–Crippen LogP) is 6.21. The maximum absolute atomic E-state index is 14.7. The van der Waals surface area contributed by atoms with Crippen LogP contribution in [0, 0.1) is 12.8 Å². The minimum atomic E-state index is -3.92. The van der Waals surface area contributed by atoms with Gasteiger partial charge in [-0.25, -0.2) is 18.2 Å². The van der Waals surface area contributed by atoms with Crippen molar-refractivity contribution in [3.05, 3.63) is 66.2 Å². The first-order chi connectivity index (χ1) is 29.0. The van der Waals surface area contributed by atoms with E-state index in [4.69, 9.17) is 23.6 Å². The number of pyridine rings is 1. The van der Waals surface area contributed by atoms with Crippen molar-refractivity contribution < 1.29 is 46.2 Å². The number of amides is 4. The van der Waals surface area contributed by atoms with Crippen LogP contribution in [-0.2, 0) is 29.1 Å². The van der Waals surface area contributed by atoms with Crippen molar-refractivity contribution in [3.63, 3.8) is 0 Å². The van der Waals surface area contributed by atoms with Gasteiger partial charge in [0.2, 0.25) is 21.8 Å². The lowest BCUT2D eigenvalue weighted by atomic mass is 10.0. The fraction of sp³-hybridized carbons (Fsp3) is 0.489. The summed E-state index contributed by atoms with van der Waals surface area (Å²) in [5.41, 5.74) is 1.61. The van der Waals surface area contributed by atoms with E-state index in [0.29, 0.717) is 66.0 Å².